The molecule has 1 N–H and O–H groups in total. The molecule has 3 heteroatoms. The first-order valence-corrected chi connectivity index (χ1v) is 4.61. The van der Waals surface area contributed by atoms with Gasteiger partial charge in [0.1, 0.15) is 0 Å². The Labute approximate surface area is 88.8 Å². The van der Waals surface area contributed by atoms with Crippen LogP contribution in [0.1, 0.15) is 12.5 Å². The lowest BCUT2D eigenvalue weighted by atomic mass is 10.2. The lowest BCUT2D eigenvalue weighted by Gasteiger charge is -2.03. The zero-order valence-corrected chi connectivity index (χ0v) is 9.86. The maximum Gasteiger partial charge on any atom is 0.0257 e. The Morgan fingerprint density at radius 1 is 1.33 bits per heavy atom. The second-order valence-corrected chi connectivity index (χ2v) is 3.30. The second-order valence-electron chi connectivity index (χ2n) is 2.37. The number of nitrogens with one attached hydrogen (secondary N) is 1. The zero-order chi connectivity index (χ0) is 8.10. The van der Waals surface area contributed by atoms with Gasteiger partial charge in [-0.25, -0.2) is 0 Å². The molecule has 1 rings (SSSR count). The summed E-state index contributed by atoms with van der Waals surface area (Å²) in [7, 11) is 0. The van der Waals surface area contributed by atoms with Crippen molar-refractivity contribution < 1.29 is 0 Å². The van der Waals surface area contributed by atoms with Gasteiger partial charge in [0.25, 0.3) is 0 Å². The molecule has 1 aromatic rings. The highest BCUT2D eigenvalue weighted by Gasteiger charge is 1.94. The normalized spacial score (nSPS) is 9.17. The summed E-state index contributed by atoms with van der Waals surface area (Å²) in [6.45, 7) is 5.23. The lowest BCUT2D eigenvalue weighted by molar-refractivity contribution is 1.03. The first kappa shape index (κ1) is 12.0. The molecule has 0 unspecified atom stereocenters. The molecule has 12 heavy (non-hydrogen) atoms. The van der Waals surface area contributed by atoms with Crippen LogP contribution in [0.15, 0.2) is 29.2 Å². The monoisotopic (exact) mass is 247 g/mol. The predicted molar refractivity (Wildman–Crippen MR) is 61.0 cm³/mol. The number of halogens is 1. The molecule has 0 aromatic heterocycles. The average Bonchev–Trinajstić information content (AvgIpc) is 2.03. The molecule has 1 nitrogen and oxygen atoms in total. The van der Waals surface area contributed by atoms with Crippen molar-refractivity contribution in [2.45, 2.75) is 18.7 Å². The number of aryl methyl sites for hydroxylation is 1. The SMILES string of the molecule is Br.CCNSc1ccccc1C. The minimum atomic E-state index is 0. The number of rotatable bonds is 3. The van der Waals surface area contributed by atoms with Crippen molar-refractivity contribution in [2.75, 3.05) is 6.54 Å². The smallest absolute Gasteiger partial charge is 0.0257 e. The fourth-order valence-electron chi connectivity index (χ4n) is 0.821. The summed E-state index contributed by atoms with van der Waals surface area (Å²) in [4.78, 5) is 1.31. The van der Waals surface area contributed by atoms with Crippen molar-refractivity contribution >= 4 is 28.9 Å². The molecule has 0 saturated heterocycles. The summed E-state index contributed by atoms with van der Waals surface area (Å²) in [5.41, 5.74) is 1.33. The van der Waals surface area contributed by atoms with Crippen molar-refractivity contribution in [1.82, 2.24) is 4.72 Å². The zero-order valence-electron chi connectivity index (χ0n) is 7.33. The van der Waals surface area contributed by atoms with E-state index >= 15 is 0 Å². The van der Waals surface area contributed by atoms with Gasteiger partial charge < -0.3 is 0 Å². The summed E-state index contributed by atoms with van der Waals surface area (Å²) in [5.74, 6) is 0. The maximum atomic E-state index is 3.22. The minimum absolute atomic E-state index is 0. The van der Waals surface area contributed by atoms with E-state index in [1.165, 1.54) is 10.5 Å². The van der Waals surface area contributed by atoms with E-state index in [0.717, 1.165) is 6.54 Å². The van der Waals surface area contributed by atoms with Crippen LogP contribution in [0.3, 0.4) is 0 Å². The van der Waals surface area contributed by atoms with Gasteiger partial charge in [-0.3, -0.25) is 4.72 Å². The first-order chi connectivity index (χ1) is 5.34. The van der Waals surface area contributed by atoms with E-state index in [4.69, 9.17) is 0 Å². The van der Waals surface area contributed by atoms with Crippen LogP contribution in [0.2, 0.25) is 0 Å². The highest BCUT2D eigenvalue weighted by Crippen LogP contribution is 2.17. The Bertz CT molecular complexity index is 228. The Hall–Kier alpha value is 0.0100. The largest absolute Gasteiger partial charge is 0.260 e. The lowest BCUT2D eigenvalue weighted by Crippen LogP contribution is -2.00. The van der Waals surface area contributed by atoms with Gasteiger partial charge in [-0.05, 0) is 30.5 Å². The standard InChI is InChI=1S/C9H13NS.BrH/c1-3-10-11-9-7-5-4-6-8(9)2;/h4-7,10H,3H2,1-2H3;1H. The molecule has 0 heterocycles. The van der Waals surface area contributed by atoms with Crippen LogP contribution < -0.4 is 4.72 Å². The minimum Gasteiger partial charge on any atom is -0.260 e. The van der Waals surface area contributed by atoms with E-state index in [1.807, 2.05) is 0 Å². The van der Waals surface area contributed by atoms with Gasteiger partial charge in [0.2, 0.25) is 0 Å². The van der Waals surface area contributed by atoms with Crippen molar-refractivity contribution in [1.29, 1.82) is 0 Å². The summed E-state index contributed by atoms with van der Waals surface area (Å²) in [6.07, 6.45) is 0. The molecule has 0 spiro atoms. The third kappa shape index (κ3) is 3.61. The Balaban J connectivity index is 0.00000121. The summed E-state index contributed by atoms with van der Waals surface area (Å²) < 4.78 is 3.22. The van der Waals surface area contributed by atoms with E-state index in [-0.39, 0.29) is 17.0 Å². The molecule has 0 aliphatic carbocycles. The fraction of sp³-hybridized carbons (Fsp3) is 0.333. The number of benzene rings is 1. The molecule has 0 aliphatic rings. The van der Waals surface area contributed by atoms with Gasteiger partial charge in [-0.2, -0.15) is 0 Å². The van der Waals surface area contributed by atoms with Gasteiger partial charge in [-0.15, -0.1) is 17.0 Å². The molecule has 0 amide bonds. The third-order valence-electron chi connectivity index (χ3n) is 1.42. The summed E-state index contributed by atoms with van der Waals surface area (Å²) in [6, 6.07) is 8.38. The second kappa shape index (κ2) is 6.52. The van der Waals surface area contributed by atoms with Crippen molar-refractivity contribution in [2.24, 2.45) is 0 Å². The van der Waals surface area contributed by atoms with Crippen LogP contribution in [-0.2, 0) is 0 Å². The maximum absolute atomic E-state index is 3.22. The summed E-state index contributed by atoms with van der Waals surface area (Å²) in [5, 5.41) is 0. The topological polar surface area (TPSA) is 12.0 Å². The van der Waals surface area contributed by atoms with Crippen LogP contribution in [0, 0.1) is 6.92 Å². The Morgan fingerprint density at radius 2 is 2.00 bits per heavy atom. The molecule has 0 bridgehead atoms. The Kier molecular flexibility index (Phi) is 6.52. The molecule has 68 valence electrons. The van der Waals surface area contributed by atoms with E-state index in [1.54, 1.807) is 11.9 Å². The summed E-state index contributed by atoms with van der Waals surface area (Å²) >= 11 is 1.70. The quantitative estimate of drug-likeness (QED) is 0.824. The fourth-order valence-corrected chi connectivity index (χ4v) is 1.50. The highest BCUT2D eigenvalue weighted by molar-refractivity contribution is 8.93. The van der Waals surface area contributed by atoms with E-state index in [2.05, 4.69) is 42.8 Å². The van der Waals surface area contributed by atoms with Crippen LogP contribution in [-0.4, -0.2) is 6.54 Å². The van der Waals surface area contributed by atoms with Crippen LogP contribution >= 0.6 is 28.9 Å². The van der Waals surface area contributed by atoms with Crippen molar-refractivity contribution in [3.05, 3.63) is 29.8 Å². The first-order valence-electron chi connectivity index (χ1n) is 3.80. The van der Waals surface area contributed by atoms with Crippen molar-refractivity contribution in [3.63, 3.8) is 0 Å². The average molecular weight is 248 g/mol. The van der Waals surface area contributed by atoms with Crippen molar-refractivity contribution in [3.8, 4) is 0 Å². The van der Waals surface area contributed by atoms with E-state index in [0.29, 0.717) is 0 Å². The number of hydrogen-bond donors (Lipinski definition) is 1. The van der Waals surface area contributed by atoms with Crippen LogP contribution in [0.25, 0.3) is 0 Å². The number of hydrogen-bond acceptors (Lipinski definition) is 2. The molecule has 0 fully saturated rings. The van der Waals surface area contributed by atoms with Gasteiger partial charge in [0.05, 0.1) is 0 Å². The molecule has 0 saturated carbocycles. The van der Waals surface area contributed by atoms with Crippen LogP contribution in [0.4, 0.5) is 0 Å². The van der Waals surface area contributed by atoms with Gasteiger partial charge in [0, 0.05) is 11.4 Å². The van der Waals surface area contributed by atoms with E-state index in [9.17, 15) is 0 Å². The molecule has 1 aromatic carbocycles. The molecular formula is C9H14BrNS. The third-order valence-corrected chi connectivity index (χ3v) is 2.53. The van der Waals surface area contributed by atoms with Gasteiger partial charge in [-0.1, -0.05) is 25.1 Å². The van der Waals surface area contributed by atoms with E-state index < -0.39 is 0 Å². The van der Waals surface area contributed by atoms with Gasteiger partial charge in [0.15, 0.2) is 0 Å². The molecule has 0 radical (unpaired) electrons. The molecule has 0 atom stereocenters. The highest BCUT2D eigenvalue weighted by atomic mass is 79.9. The predicted octanol–water partition coefficient (Wildman–Crippen LogP) is 3.19. The van der Waals surface area contributed by atoms with Crippen LogP contribution in [0.5, 0.6) is 0 Å². The molecular weight excluding hydrogens is 234 g/mol. The Morgan fingerprint density at radius 3 is 2.58 bits per heavy atom. The van der Waals surface area contributed by atoms with Gasteiger partial charge >= 0.3 is 0 Å². The molecule has 0 aliphatic heterocycles.